The zero-order valence-electron chi connectivity index (χ0n) is 8.66. The molecular weight excluding hydrogens is 216 g/mol. The lowest BCUT2D eigenvalue weighted by molar-refractivity contribution is 0.653. The first kappa shape index (κ1) is 8.58. The summed E-state index contributed by atoms with van der Waals surface area (Å²) >= 11 is 0. The van der Waals surface area contributed by atoms with E-state index in [1.807, 2.05) is 12.1 Å². The van der Waals surface area contributed by atoms with Crippen LogP contribution >= 0.6 is 0 Å². The molecule has 0 aromatic carbocycles. The van der Waals surface area contributed by atoms with E-state index in [0.717, 1.165) is 16.4 Å². The van der Waals surface area contributed by atoms with Gasteiger partial charge in [-0.1, -0.05) is 0 Å². The Balaban J connectivity index is 2.28. The summed E-state index contributed by atoms with van der Waals surface area (Å²) in [4.78, 5) is 17.0. The molecule has 4 aromatic rings. The van der Waals surface area contributed by atoms with E-state index in [-0.39, 0.29) is 0 Å². The van der Waals surface area contributed by atoms with Crippen LogP contribution in [0.3, 0.4) is 0 Å². The Labute approximate surface area is 95.1 Å². The zero-order valence-corrected chi connectivity index (χ0v) is 8.66. The molecule has 0 fully saturated rings. The van der Waals surface area contributed by atoms with Crippen molar-refractivity contribution in [3.63, 3.8) is 0 Å². The van der Waals surface area contributed by atoms with E-state index in [2.05, 4.69) is 19.9 Å². The number of pyridine rings is 2. The number of rotatable bonds is 0. The van der Waals surface area contributed by atoms with E-state index in [9.17, 15) is 0 Å². The van der Waals surface area contributed by atoms with Gasteiger partial charge in [-0.15, -0.1) is 0 Å². The molecular formula is C12H6N4O. The molecule has 4 aromatic heterocycles. The van der Waals surface area contributed by atoms with Crippen LogP contribution in [0.2, 0.25) is 0 Å². The van der Waals surface area contributed by atoms with Crippen LogP contribution in [0.5, 0.6) is 0 Å². The Kier molecular flexibility index (Phi) is 1.50. The standard InChI is InChI=1S/C12H6N4O/c1-2-13-6-7-5-9-10(16-8(1)7)11-12(17-9)15-4-3-14-11/h1-6H. The van der Waals surface area contributed by atoms with Gasteiger partial charge < -0.3 is 4.42 Å². The van der Waals surface area contributed by atoms with Crippen molar-refractivity contribution in [3.8, 4) is 0 Å². The molecule has 0 radical (unpaired) electrons. The van der Waals surface area contributed by atoms with Crippen LogP contribution in [0, 0.1) is 0 Å². The Hall–Kier alpha value is -2.56. The van der Waals surface area contributed by atoms with Crippen molar-refractivity contribution in [1.82, 2.24) is 19.9 Å². The molecule has 0 unspecified atom stereocenters. The Morgan fingerprint density at radius 2 is 1.94 bits per heavy atom. The molecule has 17 heavy (non-hydrogen) atoms. The second-order valence-corrected chi connectivity index (χ2v) is 3.72. The van der Waals surface area contributed by atoms with Crippen molar-refractivity contribution < 1.29 is 4.42 Å². The predicted molar refractivity (Wildman–Crippen MR) is 62.4 cm³/mol. The van der Waals surface area contributed by atoms with Gasteiger partial charge in [-0.2, -0.15) is 0 Å². The molecule has 0 saturated carbocycles. The lowest BCUT2D eigenvalue weighted by atomic mass is 10.2. The molecule has 80 valence electrons. The highest BCUT2D eigenvalue weighted by atomic mass is 16.3. The van der Waals surface area contributed by atoms with Gasteiger partial charge in [0.2, 0.25) is 5.71 Å². The summed E-state index contributed by atoms with van der Waals surface area (Å²) in [6.45, 7) is 0. The van der Waals surface area contributed by atoms with Gasteiger partial charge >= 0.3 is 0 Å². The maximum Gasteiger partial charge on any atom is 0.247 e. The van der Waals surface area contributed by atoms with Crippen LogP contribution in [-0.2, 0) is 0 Å². The molecule has 0 aliphatic heterocycles. The molecule has 0 saturated heterocycles. The van der Waals surface area contributed by atoms with E-state index >= 15 is 0 Å². The van der Waals surface area contributed by atoms with Gasteiger partial charge in [-0.05, 0) is 12.1 Å². The second kappa shape index (κ2) is 2.98. The number of furan rings is 1. The van der Waals surface area contributed by atoms with Crippen LogP contribution in [0.15, 0.2) is 41.3 Å². The van der Waals surface area contributed by atoms with Crippen LogP contribution < -0.4 is 0 Å². The fourth-order valence-corrected chi connectivity index (χ4v) is 1.91. The zero-order chi connectivity index (χ0) is 11.2. The SMILES string of the molecule is c1cc2nc3c(cc2cn1)oc1nccnc13. The first-order valence-corrected chi connectivity index (χ1v) is 5.16. The van der Waals surface area contributed by atoms with Crippen molar-refractivity contribution in [2.45, 2.75) is 0 Å². The summed E-state index contributed by atoms with van der Waals surface area (Å²) in [6.07, 6.45) is 6.71. The molecule has 4 rings (SSSR count). The first-order chi connectivity index (χ1) is 8.42. The Bertz CT molecular complexity index is 847. The highest BCUT2D eigenvalue weighted by Gasteiger charge is 2.11. The lowest BCUT2D eigenvalue weighted by Crippen LogP contribution is -1.82. The van der Waals surface area contributed by atoms with E-state index < -0.39 is 0 Å². The third-order valence-electron chi connectivity index (χ3n) is 2.68. The Morgan fingerprint density at radius 1 is 1.00 bits per heavy atom. The summed E-state index contributed by atoms with van der Waals surface area (Å²) in [5.74, 6) is 0. The third kappa shape index (κ3) is 1.13. The summed E-state index contributed by atoms with van der Waals surface area (Å²) in [5, 5.41) is 0.944. The second-order valence-electron chi connectivity index (χ2n) is 3.72. The molecule has 0 N–H and O–H groups in total. The van der Waals surface area contributed by atoms with E-state index in [1.165, 1.54) is 0 Å². The minimum absolute atomic E-state index is 0.512. The number of fused-ring (bicyclic) bond motifs is 4. The first-order valence-electron chi connectivity index (χ1n) is 5.16. The van der Waals surface area contributed by atoms with Gasteiger partial charge in [0, 0.05) is 30.2 Å². The van der Waals surface area contributed by atoms with Gasteiger partial charge in [-0.3, -0.25) is 4.98 Å². The van der Waals surface area contributed by atoms with Gasteiger partial charge in [0.05, 0.1) is 5.52 Å². The average Bonchev–Trinajstić information content (AvgIpc) is 2.73. The molecule has 5 heteroatoms. The highest BCUT2D eigenvalue weighted by molar-refractivity contribution is 6.02. The number of nitrogens with zero attached hydrogens (tertiary/aromatic N) is 4. The monoisotopic (exact) mass is 222 g/mol. The predicted octanol–water partition coefficient (Wildman–Crippen LogP) is 2.32. The molecule has 0 spiro atoms. The van der Waals surface area contributed by atoms with Crippen molar-refractivity contribution in [1.29, 1.82) is 0 Å². The van der Waals surface area contributed by atoms with Gasteiger partial charge in [-0.25, -0.2) is 15.0 Å². The molecule has 0 amide bonds. The molecule has 0 aliphatic carbocycles. The van der Waals surface area contributed by atoms with Crippen molar-refractivity contribution in [3.05, 3.63) is 36.9 Å². The summed E-state index contributed by atoms with van der Waals surface area (Å²) in [5.41, 5.74) is 3.51. The maximum atomic E-state index is 5.60. The fraction of sp³-hybridized carbons (Fsp3) is 0. The number of hydrogen-bond donors (Lipinski definition) is 0. The summed E-state index contributed by atoms with van der Waals surface area (Å²) < 4.78 is 5.60. The van der Waals surface area contributed by atoms with Crippen molar-refractivity contribution in [2.24, 2.45) is 0 Å². The fourth-order valence-electron chi connectivity index (χ4n) is 1.91. The highest BCUT2D eigenvalue weighted by Crippen LogP contribution is 2.26. The average molecular weight is 222 g/mol. The molecule has 5 nitrogen and oxygen atoms in total. The van der Waals surface area contributed by atoms with E-state index in [1.54, 1.807) is 24.8 Å². The topological polar surface area (TPSA) is 64.7 Å². The summed E-state index contributed by atoms with van der Waals surface area (Å²) in [6, 6.07) is 3.78. The number of aromatic nitrogens is 4. The van der Waals surface area contributed by atoms with E-state index in [4.69, 9.17) is 4.42 Å². The van der Waals surface area contributed by atoms with Gasteiger partial charge in [0.25, 0.3) is 0 Å². The molecule has 4 heterocycles. The third-order valence-corrected chi connectivity index (χ3v) is 2.68. The molecule has 0 aliphatic rings. The summed E-state index contributed by atoms with van der Waals surface area (Å²) in [7, 11) is 0. The quantitative estimate of drug-likeness (QED) is 0.456. The maximum absolute atomic E-state index is 5.60. The molecule has 0 bridgehead atoms. The van der Waals surface area contributed by atoms with Crippen LogP contribution in [0.25, 0.3) is 33.2 Å². The number of hydrogen-bond acceptors (Lipinski definition) is 5. The van der Waals surface area contributed by atoms with E-state index in [0.29, 0.717) is 16.8 Å². The largest absolute Gasteiger partial charge is 0.435 e. The molecule has 0 atom stereocenters. The van der Waals surface area contributed by atoms with Crippen LogP contribution in [0.4, 0.5) is 0 Å². The normalized spacial score (nSPS) is 11.5. The van der Waals surface area contributed by atoms with Gasteiger partial charge in [0.1, 0.15) is 5.52 Å². The van der Waals surface area contributed by atoms with Crippen LogP contribution in [0.1, 0.15) is 0 Å². The minimum Gasteiger partial charge on any atom is -0.435 e. The van der Waals surface area contributed by atoms with Crippen molar-refractivity contribution in [2.75, 3.05) is 0 Å². The smallest absolute Gasteiger partial charge is 0.247 e. The Morgan fingerprint density at radius 3 is 2.94 bits per heavy atom. The van der Waals surface area contributed by atoms with Gasteiger partial charge in [0.15, 0.2) is 11.1 Å². The minimum atomic E-state index is 0.512. The van der Waals surface area contributed by atoms with Crippen molar-refractivity contribution >= 4 is 33.2 Å². The lowest BCUT2D eigenvalue weighted by Gasteiger charge is -1.94. The van der Waals surface area contributed by atoms with Crippen LogP contribution in [-0.4, -0.2) is 19.9 Å².